The molecule has 1 N–H and O–H groups in total. The zero-order valence-corrected chi connectivity index (χ0v) is 15.1. The second-order valence-corrected chi connectivity index (χ2v) is 6.24. The Labute approximate surface area is 144 Å². The summed E-state index contributed by atoms with van der Waals surface area (Å²) in [6.07, 6.45) is 2.50. The van der Waals surface area contributed by atoms with Crippen molar-refractivity contribution in [1.29, 1.82) is 5.26 Å². The van der Waals surface area contributed by atoms with Crippen molar-refractivity contribution in [3.8, 4) is 17.6 Å². The molecule has 0 aliphatic heterocycles. The van der Waals surface area contributed by atoms with Gasteiger partial charge in [0.1, 0.15) is 11.6 Å². The van der Waals surface area contributed by atoms with Crippen LogP contribution in [0.3, 0.4) is 0 Å². The van der Waals surface area contributed by atoms with Crippen molar-refractivity contribution in [2.45, 2.75) is 40.2 Å². The summed E-state index contributed by atoms with van der Waals surface area (Å²) in [5.74, 6) is 1.41. The van der Waals surface area contributed by atoms with E-state index in [1.807, 2.05) is 19.9 Å². The third kappa shape index (κ3) is 6.33. The molecule has 0 aromatic heterocycles. The van der Waals surface area contributed by atoms with Crippen molar-refractivity contribution >= 4 is 12.0 Å². The summed E-state index contributed by atoms with van der Waals surface area (Å²) >= 11 is 0. The van der Waals surface area contributed by atoms with E-state index in [-0.39, 0.29) is 17.5 Å². The first-order chi connectivity index (χ1) is 11.4. The molecular formula is C19H26N2O3. The molecule has 5 nitrogen and oxygen atoms in total. The monoisotopic (exact) mass is 330 g/mol. The van der Waals surface area contributed by atoms with Gasteiger partial charge in [-0.25, -0.2) is 0 Å². The fourth-order valence-corrected chi connectivity index (χ4v) is 1.95. The second kappa shape index (κ2) is 9.61. The van der Waals surface area contributed by atoms with E-state index < -0.39 is 0 Å². The summed E-state index contributed by atoms with van der Waals surface area (Å²) in [6, 6.07) is 7.25. The van der Waals surface area contributed by atoms with Crippen molar-refractivity contribution in [1.82, 2.24) is 5.32 Å². The van der Waals surface area contributed by atoms with Gasteiger partial charge in [0.15, 0.2) is 11.5 Å². The van der Waals surface area contributed by atoms with Crippen LogP contribution >= 0.6 is 0 Å². The first-order valence-corrected chi connectivity index (χ1v) is 8.10. The van der Waals surface area contributed by atoms with Gasteiger partial charge in [-0.3, -0.25) is 4.79 Å². The molecule has 0 aliphatic carbocycles. The van der Waals surface area contributed by atoms with Crippen LogP contribution in [-0.2, 0) is 4.79 Å². The van der Waals surface area contributed by atoms with Crippen LogP contribution in [0.4, 0.5) is 0 Å². The van der Waals surface area contributed by atoms with Crippen molar-refractivity contribution in [2.24, 2.45) is 5.92 Å². The van der Waals surface area contributed by atoms with Crippen molar-refractivity contribution in [3.63, 3.8) is 0 Å². The molecule has 24 heavy (non-hydrogen) atoms. The molecule has 0 fully saturated rings. The molecule has 0 aliphatic rings. The summed E-state index contributed by atoms with van der Waals surface area (Å²) < 4.78 is 11.1. The number of rotatable bonds is 8. The normalized spacial score (nSPS) is 11.3. The van der Waals surface area contributed by atoms with Crippen LogP contribution in [0.2, 0.25) is 0 Å². The zero-order chi connectivity index (χ0) is 18.1. The van der Waals surface area contributed by atoms with Crippen LogP contribution in [0.5, 0.6) is 11.5 Å². The molecule has 0 saturated carbocycles. The molecule has 0 heterocycles. The third-order valence-electron chi connectivity index (χ3n) is 3.24. The lowest BCUT2D eigenvalue weighted by molar-refractivity contribution is -0.117. The number of hydrogen-bond acceptors (Lipinski definition) is 4. The van der Waals surface area contributed by atoms with E-state index in [2.05, 4.69) is 19.2 Å². The Hall–Kier alpha value is -2.48. The summed E-state index contributed by atoms with van der Waals surface area (Å²) in [5, 5.41) is 11.9. The average molecular weight is 330 g/mol. The minimum atomic E-state index is -0.385. The smallest absolute Gasteiger partial charge is 0.262 e. The summed E-state index contributed by atoms with van der Waals surface area (Å²) in [4.78, 5) is 12.0. The Balaban J connectivity index is 2.95. The number of carbonyl (C=O) groups excluding carboxylic acids is 1. The Kier molecular flexibility index (Phi) is 7.84. The highest BCUT2D eigenvalue weighted by Crippen LogP contribution is 2.29. The Morgan fingerprint density at radius 1 is 1.29 bits per heavy atom. The standard InChI is InChI=1S/C19H26N2O3/c1-13(2)8-9-24-17-7-6-15(11-18(17)23-5)10-16(12-20)19(22)21-14(3)4/h6-7,10-11,13-14H,8-9H2,1-5H3,(H,21,22)/b16-10+. The largest absolute Gasteiger partial charge is 0.493 e. The van der Waals surface area contributed by atoms with Gasteiger partial charge in [-0.1, -0.05) is 19.9 Å². The third-order valence-corrected chi connectivity index (χ3v) is 3.24. The lowest BCUT2D eigenvalue weighted by Gasteiger charge is -2.12. The first-order valence-electron chi connectivity index (χ1n) is 8.10. The van der Waals surface area contributed by atoms with Crippen LogP contribution in [0.15, 0.2) is 23.8 Å². The topological polar surface area (TPSA) is 71.3 Å². The highest BCUT2D eigenvalue weighted by molar-refractivity contribution is 6.01. The number of nitrogens with zero attached hydrogens (tertiary/aromatic N) is 1. The molecule has 0 spiro atoms. The van der Waals surface area contributed by atoms with Crippen LogP contribution < -0.4 is 14.8 Å². The van der Waals surface area contributed by atoms with E-state index in [9.17, 15) is 10.1 Å². The number of methoxy groups -OCH3 is 1. The van der Waals surface area contributed by atoms with E-state index in [0.29, 0.717) is 29.6 Å². The van der Waals surface area contributed by atoms with Gasteiger partial charge in [0.25, 0.3) is 5.91 Å². The van der Waals surface area contributed by atoms with Gasteiger partial charge in [-0.15, -0.1) is 0 Å². The number of benzene rings is 1. The summed E-state index contributed by atoms with van der Waals surface area (Å²) in [5.41, 5.74) is 0.762. The number of ether oxygens (including phenoxy) is 2. The molecular weight excluding hydrogens is 304 g/mol. The lowest BCUT2D eigenvalue weighted by Crippen LogP contribution is -2.30. The van der Waals surface area contributed by atoms with Crippen molar-refractivity contribution in [2.75, 3.05) is 13.7 Å². The molecule has 1 rings (SSSR count). The van der Waals surface area contributed by atoms with E-state index in [1.165, 1.54) is 6.08 Å². The van der Waals surface area contributed by atoms with Gasteiger partial charge in [-0.2, -0.15) is 5.26 Å². The quantitative estimate of drug-likeness (QED) is 0.584. The minimum absolute atomic E-state index is 0.0273. The molecule has 1 aromatic carbocycles. The molecule has 0 unspecified atom stereocenters. The number of carbonyl (C=O) groups is 1. The van der Waals surface area contributed by atoms with E-state index in [1.54, 1.807) is 25.3 Å². The maximum Gasteiger partial charge on any atom is 0.262 e. The van der Waals surface area contributed by atoms with Crippen molar-refractivity contribution < 1.29 is 14.3 Å². The van der Waals surface area contributed by atoms with Gasteiger partial charge in [-0.05, 0) is 50.0 Å². The number of nitriles is 1. The molecule has 0 saturated heterocycles. The maximum absolute atomic E-state index is 12.0. The average Bonchev–Trinajstić information content (AvgIpc) is 2.52. The zero-order valence-electron chi connectivity index (χ0n) is 15.1. The summed E-state index contributed by atoms with van der Waals surface area (Å²) in [6.45, 7) is 8.59. The highest BCUT2D eigenvalue weighted by atomic mass is 16.5. The van der Waals surface area contributed by atoms with Crippen LogP contribution in [0.1, 0.15) is 39.7 Å². The number of nitrogens with one attached hydrogen (secondary N) is 1. The Morgan fingerprint density at radius 2 is 2.00 bits per heavy atom. The Morgan fingerprint density at radius 3 is 2.54 bits per heavy atom. The van der Waals surface area contributed by atoms with Gasteiger partial charge >= 0.3 is 0 Å². The summed E-state index contributed by atoms with van der Waals surface area (Å²) in [7, 11) is 1.56. The first kappa shape index (κ1) is 19.6. The maximum atomic E-state index is 12.0. The molecule has 0 atom stereocenters. The van der Waals surface area contributed by atoms with Gasteiger partial charge in [0, 0.05) is 6.04 Å². The highest BCUT2D eigenvalue weighted by Gasteiger charge is 2.11. The van der Waals surface area contributed by atoms with E-state index in [4.69, 9.17) is 9.47 Å². The molecule has 5 heteroatoms. The SMILES string of the molecule is COc1cc(/C=C(\C#N)C(=O)NC(C)C)ccc1OCCC(C)C. The minimum Gasteiger partial charge on any atom is -0.493 e. The van der Waals surface area contributed by atoms with E-state index >= 15 is 0 Å². The number of amides is 1. The molecule has 1 amide bonds. The van der Waals surface area contributed by atoms with Crippen LogP contribution in [-0.4, -0.2) is 25.7 Å². The molecule has 0 radical (unpaired) electrons. The fraction of sp³-hybridized carbons (Fsp3) is 0.474. The van der Waals surface area contributed by atoms with Gasteiger partial charge in [0.05, 0.1) is 13.7 Å². The van der Waals surface area contributed by atoms with E-state index in [0.717, 1.165) is 6.42 Å². The van der Waals surface area contributed by atoms with Gasteiger partial charge < -0.3 is 14.8 Å². The predicted molar refractivity (Wildman–Crippen MR) is 94.8 cm³/mol. The molecule has 0 bridgehead atoms. The van der Waals surface area contributed by atoms with Crippen molar-refractivity contribution in [3.05, 3.63) is 29.3 Å². The van der Waals surface area contributed by atoms with Crippen LogP contribution in [0, 0.1) is 17.2 Å². The van der Waals surface area contributed by atoms with Gasteiger partial charge in [0.2, 0.25) is 0 Å². The molecule has 130 valence electrons. The number of hydrogen-bond donors (Lipinski definition) is 1. The predicted octanol–water partition coefficient (Wildman–Crippen LogP) is 3.55. The Bertz CT molecular complexity index is 628. The second-order valence-electron chi connectivity index (χ2n) is 6.24. The molecule has 1 aromatic rings. The lowest BCUT2D eigenvalue weighted by atomic mass is 10.1. The fourth-order valence-electron chi connectivity index (χ4n) is 1.95. The van der Waals surface area contributed by atoms with Crippen LogP contribution in [0.25, 0.3) is 6.08 Å².